The zero-order chi connectivity index (χ0) is 2.71. The van der Waals surface area contributed by atoms with Crippen molar-refractivity contribution in [2.24, 2.45) is 0 Å². The van der Waals surface area contributed by atoms with E-state index in [2.05, 4.69) is 0 Å². The van der Waals surface area contributed by atoms with Crippen LogP contribution in [0.2, 0.25) is 0 Å². The van der Waals surface area contributed by atoms with Crippen molar-refractivity contribution in [2.45, 2.75) is 0 Å². The van der Waals surface area contributed by atoms with Crippen LogP contribution in [-0.4, -0.2) is 0 Å². The average molecular weight is 106 g/mol. The van der Waals surface area contributed by atoms with E-state index in [-0.39, 0.29) is 51.4 Å². The third kappa shape index (κ3) is 9.39. The van der Waals surface area contributed by atoms with E-state index in [9.17, 15) is 4.20 Å². The molecule has 0 aromatic heterocycles. The van der Waals surface area contributed by atoms with Crippen LogP contribution in [-0.2, 0) is 4.57 Å². The maximum absolute atomic E-state index is 9.76. The Morgan fingerprint density at radius 1 is 1.75 bits per heavy atom. The number of halogens is 1. The first-order chi connectivity index (χ1) is 1.41. The SMILES string of the molecule is O=[PH+]F.[K+]. The third-order valence-corrected chi connectivity index (χ3v) is 0. The summed E-state index contributed by atoms with van der Waals surface area (Å²) >= 11 is 0. The van der Waals surface area contributed by atoms with Gasteiger partial charge in [0, 0.05) is 0 Å². The van der Waals surface area contributed by atoms with Crippen LogP contribution in [0.5, 0.6) is 0 Å². The normalized spacial score (nSPS) is 5.25. The molecule has 0 aromatic rings. The summed E-state index contributed by atoms with van der Waals surface area (Å²) in [5, 5.41) is 0. The quantitative estimate of drug-likeness (QED) is 0.255. The second-order valence-corrected chi connectivity index (χ2v) is 0.231. The van der Waals surface area contributed by atoms with Gasteiger partial charge in [0.1, 0.15) is 0 Å². The number of hydrogen-bond acceptors (Lipinski definition) is 1. The predicted molar refractivity (Wildman–Crippen MR) is 10.1 cm³/mol. The largest absolute Gasteiger partial charge is 1.00 e. The van der Waals surface area contributed by atoms with Gasteiger partial charge in [-0.15, -0.1) is 0 Å². The van der Waals surface area contributed by atoms with Crippen LogP contribution in [0.3, 0.4) is 0 Å². The first-order valence-electron chi connectivity index (χ1n) is 0.393. The molecule has 0 fully saturated rings. The maximum Gasteiger partial charge on any atom is 1.00 e. The Hall–Kier alpha value is 1.67. The van der Waals surface area contributed by atoms with Crippen LogP contribution < -0.4 is 51.4 Å². The second kappa shape index (κ2) is 8.82. The Bertz CT molecular complexity index is 15.5. The van der Waals surface area contributed by atoms with E-state index >= 15 is 0 Å². The molecule has 1 atom stereocenters. The Labute approximate surface area is 67.7 Å². The maximum atomic E-state index is 9.76. The van der Waals surface area contributed by atoms with Crippen molar-refractivity contribution in [2.75, 3.05) is 0 Å². The number of rotatable bonds is 0. The van der Waals surface area contributed by atoms with E-state index in [1.165, 1.54) is 0 Å². The topological polar surface area (TPSA) is 17.1 Å². The minimum atomic E-state index is -1.67. The Kier molecular flexibility index (Phi) is 20.2. The molecule has 0 amide bonds. The van der Waals surface area contributed by atoms with E-state index in [1.54, 1.807) is 0 Å². The fourth-order valence-corrected chi connectivity index (χ4v) is 0. The monoisotopic (exact) mass is 106 g/mol. The predicted octanol–water partition coefficient (Wildman–Crippen LogP) is -2.10. The summed E-state index contributed by atoms with van der Waals surface area (Å²) < 4.78 is 18.1. The zero-order valence-electron chi connectivity index (χ0n) is 2.29. The molecule has 0 aliphatic carbocycles. The van der Waals surface area contributed by atoms with Crippen LogP contribution >= 0.6 is 8.77 Å². The molecular formula is HFKOP+2. The van der Waals surface area contributed by atoms with Crippen molar-refractivity contribution in [1.82, 2.24) is 0 Å². The summed E-state index contributed by atoms with van der Waals surface area (Å²) in [6.07, 6.45) is 0. The van der Waals surface area contributed by atoms with E-state index in [1.807, 2.05) is 0 Å². The van der Waals surface area contributed by atoms with Gasteiger partial charge in [-0.2, -0.15) is 0 Å². The summed E-state index contributed by atoms with van der Waals surface area (Å²) in [6.45, 7) is 0. The molecule has 18 valence electrons. The van der Waals surface area contributed by atoms with E-state index in [0.717, 1.165) is 0 Å². The van der Waals surface area contributed by atoms with Crippen LogP contribution in [0.4, 0.5) is 4.20 Å². The van der Waals surface area contributed by atoms with Gasteiger partial charge >= 0.3 is 60.2 Å². The fourth-order valence-electron chi connectivity index (χ4n) is 0. The summed E-state index contributed by atoms with van der Waals surface area (Å²) in [7, 11) is -1.67. The van der Waals surface area contributed by atoms with E-state index in [0.29, 0.717) is 0 Å². The van der Waals surface area contributed by atoms with Gasteiger partial charge in [0.05, 0.1) is 4.20 Å². The summed E-state index contributed by atoms with van der Waals surface area (Å²) in [5.74, 6) is 0. The molecule has 0 heterocycles. The average Bonchev–Trinajstić information content (AvgIpc) is 0.918. The van der Waals surface area contributed by atoms with Gasteiger partial charge in [0.15, 0.2) is 0 Å². The Morgan fingerprint density at radius 3 is 1.75 bits per heavy atom. The van der Waals surface area contributed by atoms with E-state index < -0.39 is 8.77 Å². The van der Waals surface area contributed by atoms with E-state index in [4.69, 9.17) is 4.57 Å². The first-order valence-corrected chi connectivity index (χ1v) is 1.18. The molecule has 4 heteroatoms. The van der Waals surface area contributed by atoms with Crippen molar-refractivity contribution in [1.29, 1.82) is 0 Å². The van der Waals surface area contributed by atoms with Gasteiger partial charge < -0.3 is 0 Å². The summed E-state index contributed by atoms with van der Waals surface area (Å²) in [6, 6.07) is 0. The van der Waals surface area contributed by atoms with Gasteiger partial charge in [-0.3, -0.25) is 0 Å². The van der Waals surface area contributed by atoms with Gasteiger partial charge in [-0.05, 0) is 4.57 Å². The number of hydrogen-bond donors (Lipinski definition) is 0. The van der Waals surface area contributed by atoms with Crippen molar-refractivity contribution >= 4 is 8.77 Å². The van der Waals surface area contributed by atoms with Crippen LogP contribution in [0, 0.1) is 0 Å². The standard InChI is InChI=1S/FHOP.K/c1-3-2;/h3H;/q2*+1. The van der Waals surface area contributed by atoms with Crippen molar-refractivity contribution < 1.29 is 60.1 Å². The summed E-state index contributed by atoms with van der Waals surface area (Å²) in [5.41, 5.74) is 0. The molecular weight excluding hydrogens is 105 g/mol. The smallest absolute Gasteiger partial charge is 0.0311 e. The molecule has 1 nitrogen and oxygen atoms in total. The van der Waals surface area contributed by atoms with Crippen molar-refractivity contribution in [3.8, 4) is 0 Å². The molecule has 0 aliphatic heterocycles. The molecule has 0 N–H and O–H groups in total. The molecule has 0 aliphatic rings. The first kappa shape index (κ1) is 9.18. The minimum Gasteiger partial charge on any atom is -0.0311 e. The van der Waals surface area contributed by atoms with Gasteiger partial charge in [-0.25, -0.2) is 0 Å². The van der Waals surface area contributed by atoms with Gasteiger partial charge in [0.25, 0.3) is 0 Å². The third-order valence-electron chi connectivity index (χ3n) is 0. The Balaban J connectivity index is 0. The van der Waals surface area contributed by atoms with Gasteiger partial charge in [-0.1, -0.05) is 0 Å². The van der Waals surface area contributed by atoms with Crippen LogP contribution in [0.1, 0.15) is 0 Å². The molecule has 0 bridgehead atoms. The van der Waals surface area contributed by atoms with Crippen LogP contribution in [0.15, 0.2) is 0 Å². The fraction of sp³-hybridized carbons (Fsp3) is 0. The van der Waals surface area contributed by atoms with Crippen molar-refractivity contribution in [3.05, 3.63) is 0 Å². The minimum absolute atomic E-state index is 0. The Morgan fingerprint density at radius 2 is 1.75 bits per heavy atom. The molecule has 0 aromatic carbocycles. The second-order valence-electron chi connectivity index (χ2n) is 0.0772. The molecule has 4 heavy (non-hydrogen) atoms. The summed E-state index contributed by atoms with van der Waals surface area (Å²) in [4.78, 5) is 0. The van der Waals surface area contributed by atoms with Crippen LogP contribution in [0.25, 0.3) is 0 Å². The molecule has 1 unspecified atom stereocenters. The van der Waals surface area contributed by atoms with Crippen molar-refractivity contribution in [3.63, 3.8) is 0 Å². The zero-order valence-corrected chi connectivity index (χ0v) is 6.41. The molecule has 0 radical (unpaired) electrons. The molecule has 0 spiro atoms. The molecule has 0 saturated heterocycles. The molecule has 0 rings (SSSR count). The molecule has 0 saturated carbocycles. The van der Waals surface area contributed by atoms with Gasteiger partial charge in [0.2, 0.25) is 0 Å².